The summed E-state index contributed by atoms with van der Waals surface area (Å²) in [6.45, 7) is 9.31. The van der Waals surface area contributed by atoms with E-state index in [1.165, 1.54) is 72.4 Å². The summed E-state index contributed by atoms with van der Waals surface area (Å²) in [5.74, 6) is -1.38. The summed E-state index contributed by atoms with van der Waals surface area (Å²) in [6.07, 6.45) is 13.5. The van der Waals surface area contributed by atoms with Crippen molar-refractivity contribution in [1.29, 1.82) is 21.0 Å². The van der Waals surface area contributed by atoms with Crippen LogP contribution in [0.5, 0.6) is 23.0 Å². The maximum absolute atomic E-state index is 15.6. The van der Waals surface area contributed by atoms with Gasteiger partial charge in [-0.25, -0.2) is 17.6 Å². The molecule has 8 aliphatic rings. The summed E-state index contributed by atoms with van der Waals surface area (Å²) in [4.78, 5) is 104. The molecule has 4 aromatic carbocycles. The van der Waals surface area contributed by atoms with Crippen LogP contribution < -0.4 is 32.4 Å². The van der Waals surface area contributed by atoms with Crippen LogP contribution >= 0.6 is 0 Å². The number of nitriles is 4. The Morgan fingerprint density at radius 2 is 0.879 bits per heavy atom. The predicted octanol–water partition coefficient (Wildman–Crippen LogP) is 10.5. The average molecular weight is 1950 g/mol. The Morgan fingerprint density at radius 3 is 1.23 bits per heavy atom. The second-order valence-corrected chi connectivity index (χ2v) is 38.5. The van der Waals surface area contributed by atoms with Crippen molar-refractivity contribution in [3.05, 3.63) is 188 Å². The number of piperidine rings is 2. The zero-order chi connectivity index (χ0) is 102. The number of primary amides is 4. The molecule has 4 saturated heterocycles. The minimum Gasteiger partial charge on any atom is -0.508 e. The topological polar surface area (TPSA) is 497 Å². The zero-order valence-corrected chi connectivity index (χ0v) is 78.9. The van der Waals surface area contributed by atoms with Gasteiger partial charge in [0.15, 0.2) is 0 Å². The standard InChI is InChI=1S/C29H33N5O3.C28H32F3N5O3.C22H25F2N5O4.C21H23F2N5O4/c1-3-20-4-8-23(9-5-20)37-28(2)18-33(19-28)22-10-12-29(13-11-22,14-15-30)34-17-24(27(31)36)25(32-34)16-26(35)21-6-7-21;1-26(39-21-6-4-19(5-7-21)28(29,30)31)16-35(17-26)20-8-10-27(11-9-20,12-13-32)36-15-22(25(33)38)23(34-36)14-24(37)18-2-3-18;1-13-7-16(23)14(8-18(13)30)10-28-6-4-22(3-5-25,19(24)12-28)29-11-15(21(26)32)17(27-29)9-20(31)33-2;1-32-19(30)9-17-16(20(25)31)11-28(26-17)21(2-4-24)3-5-27(12-18(21)23)10-13-6-14(22)8-15(29)7-13/h1,4-5,8-9,17,21-22H,6-7,10-14,16,18-19H2,2H3,(H2,31,36);4-7,15,18,20H,2-3,8-12,14,16-17H2,1H3,(H2,33,38);7-8,11,19,30H,3-4,6,9-10,12H2,1-2H3,(H2,26,32);6-8,11,18,29H,2-3,5,9-10,12H2,1H3,(H2,25,31). The molecule has 4 aliphatic heterocycles. The molecular weight excluding hydrogens is 1840 g/mol. The van der Waals surface area contributed by atoms with Crippen LogP contribution in [0.2, 0.25) is 0 Å². The minimum atomic E-state index is -4.38. The number of amides is 4. The number of carbonyl (C=O) groups excluding carboxylic acids is 8. The maximum atomic E-state index is 15.6. The molecule has 10 N–H and O–H groups in total. The highest BCUT2D eigenvalue weighted by molar-refractivity contribution is 5.97. The SMILES string of the molecule is C#Cc1ccc(OC2(C)CN(C3CCC(CC#N)(n4cc(C(N)=O)c(CC(=O)C5CC5)n4)CC3)C2)cc1.CC1(Oc2ccc(C(F)(F)F)cc2)CN(C2CCC(CC#N)(n3cc(C(N)=O)c(CC(=O)C4CC4)n3)CC2)C1.COC(=O)Cc1nn(C2(CC#N)CCN(Cc3cc(O)c(C)cc3F)CC2F)cc1C(N)=O.COC(=O)Cc1nn(C2(CC#N)CCN(Cc3cc(O)cc(F)c3)CC2F)cc1C(N)=O. The number of aromatic nitrogens is 8. The molecule has 8 aromatic rings. The number of benzene rings is 4. The van der Waals surface area contributed by atoms with Gasteiger partial charge in [-0.05, 0) is 195 Å². The lowest BCUT2D eigenvalue weighted by molar-refractivity contribution is -0.140. The number of nitrogens with two attached hydrogens (primary N) is 4. The molecule has 4 amide bonds. The van der Waals surface area contributed by atoms with Gasteiger partial charge in [-0.3, -0.25) is 76.7 Å². The number of phenols is 2. The van der Waals surface area contributed by atoms with Crippen molar-refractivity contribution < 1.29 is 98.2 Å². The smallest absolute Gasteiger partial charge is 0.416 e. The molecule has 4 saturated carbocycles. The summed E-state index contributed by atoms with van der Waals surface area (Å²) in [5, 5.41) is 75.3. The number of Topliss-reactive ketones (excluding diaryl/α,β-unsaturated/α-hetero) is 2. The first-order valence-corrected chi connectivity index (χ1v) is 46.5. The lowest BCUT2D eigenvalue weighted by atomic mass is 9.76. The third-order valence-corrected chi connectivity index (χ3v) is 28.2. The number of halogens is 7. The number of hydrogen-bond acceptors (Lipinski definition) is 26. The van der Waals surface area contributed by atoms with Crippen LogP contribution in [0.3, 0.4) is 0 Å². The van der Waals surface area contributed by atoms with Crippen LogP contribution in [0.1, 0.15) is 221 Å². The maximum Gasteiger partial charge on any atom is 0.416 e. The van der Waals surface area contributed by atoms with Crippen molar-refractivity contribution in [3.63, 3.8) is 0 Å². The van der Waals surface area contributed by atoms with Crippen molar-refractivity contribution in [2.45, 2.75) is 239 Å². The summed E-state index contributed by atoms with van der Waals surface area (Å²) in [6, 6.07) is 27.8. The van der Waals surface area contributed by atoms with Gasteiger partial charge in [0.1, 0.15) is 80.8 Å². The van der Waals surface area contributed by atoms with E-state index in [1.54, 1.807) is 38.5 Å². The molecule has 4 unspecified atom stereocenters. The number of ether oxygens (including phenoxy) is 4. The largest absolute Gasteiger partial charge is 0.508 e. The average Bonchev–Trinajstić information content (AvgIpc) is 1.39. The molecule has 34 nitrogen and oxygen atoms in total. The Morgan fingerprint density at radius 1 is 0.504 bits per heavy atom. The molecule has 41 heteroatoms. The Balaban J connectivity index is 0.000000159. The molecule has 0 spiro atoms. The van der Waals surface area contributed by atoms with Gasteiger partial charge in [0.05, 0.1) is 152 Å². The number of esters is 2. The summed E-state index contributed by atoms with van der Waals surface area (Å²) in [7, 11) is 2.37. The number of methoxy groups -OCH3 is 2. The monoisotopic (exact) mass is 1950 g/mol. The van der Waals surface area contributed by atoms with E-state index < -0.39 is 99.0 Å². The number of phenolic OH excluding ortho intramolecular Hbond substituents is 2. The Hall–Kier alpha value is -14.1. The fourth-order valence-electron chi connectivity index (χ4n) is 19.9. The third-order valence-electron chi connectivity index (χ3n) is 28.2. The van der Waals surface area contributed by atoms with Crippen LogP contribution in [0.4, 0.5) is 30.7 Å². The normalized spacial score (nSPS) is 23.1. The van der Waals surface area contributed by atoms with Crippen LogP contribution in [-0.2, 0) is 95.8 Å². The highest BCUT2D eigenvalue weighted by Gasteiger charge is 2.53. The number of hydrogen-bond donors (Lipinski definition) is 6. The highest BCUT2D eigenvalue weighted by atomic mass is 19.4. The van der Waals surface area contributed by atoms with Gasteiger partial charge in [-0.2, -0.15) is 54.6 Å². The van der Waals surface area contributed by atoms with E-state index >= 15 is 8.78 Å². The molecule has 4 aliphatic carbocycles. The van der Waals surface area contributed by atoms with E-state index in [1.807, 2.05) is 43.3 Å². The van der Waals surface area contributed by atoms with Gasteiger partial charge in [-0.15, -0.1) is 6.42 Å². The zero-order valence-electron chi connectivity index (χ0n) is 78.9. The number of alkyl halides is 5. The van der Waals surface area contributed by atoms with E-state index in [9.17, 15) is 91.6 Å². The molecular formula is C100H113F7N20O14. The van der Waals surface area contributed by atoms with Crippen molar-refractivity contribution in [2.24, 2.45) is 34.8 Å². The Bertz CT molecular complexity index is 6190. The van der Waals surface area contributed by atoms with Crippen molar-refractivity contribution in [3.8, 4) is 59.6 Å². The molecule has 4 aromatic heterocycles. The summed E-state index contributed by atoms with van der Waals surface area (Å²) in [5.41, 5.74) is 20.0. The first-order valence-electron chi connectivity index (χ1n) is 46.5. The highest BCUT2D eigenvalue weighted by Crippen LogP contribution is 2.47. The van der Waals surface area contributed by atoms with Crippen LogP contribution in [0.25, 0.3) is 0 Å². The second kappa shape index (κ2) is 43.4. The van der Waals surface area contributed by atoms with E-state index in [-0.39, 0.29) is 164 Å². The number of ketones is 2. The lowest BCUT2D eigenvalue weighted by Gasteiger charge is -2.53. The molecule has 16 rings (SSSR count). The molecule has 0 radical (unpaired) electrons. The number of carbonyl (C=O) groups is 8. The second-order valence-electron chi connectivity index (χ2n) is 38.5. The van der Waals surface area contributed by atoms with Crippen molar-refractivity contribution >= 4 is 47.1 Å². The van der Waals surface area contributed by atoms with E-state index in [2.05, 4.69) is 64.7 Å². The number of aromatic hydroxyl groups is 2. The molecule has 141 heavy (non-hydrogen) atoms. The number of aryl methyl sites for hydroxylation is 1. The van der Waals surface area contributed by atoms with Gasteiger partial charge in [-0.1, -0.05) is 5.92 Å². The third kappa shape index (κ3) is 24.3. The molecule has 8 fully saturated rings. The van der Waals surface area contributed by atoms with Crippen LogP contribution in [0, 0.1) is 88.1 Å². The Labute approximate surface area is 809 Å². The lowest BCUT2D eigenvalue weighted by Crippen LogP contribution is -2.66. The van der Waals surface area contributed by atoms with Gasteiger partial charge in [0, 0.05) is 131 Å². The van der Waals surface area contributed by atoms with E-state index in [0.29, 0.717) is 85.3 Å². The first kappa shape index (κ1) is 104. The molecule has 8 heterocycles. The fraction of sp³-hybridized carbons (Fsp3) is 0.500. The van der Waals surface area contributed by atoms with Crippen LogP contribution in [0.15, 0.2) is 104 Å². The van der Waals surface area contributed by atoms with Crippen LogP contribution in [-0.4, -0.2) is 218 Å². The van der Waals surface area contributed by atoms with Gasteiger partial charge in [0.2, 0.25) is 0 Å². The molecule has 0 bridgehead atoms. The summed E-state index contributed by atoms with van der Waals surface area (Å²) >= 11 is 0. The molecule has 4 atom stereocenters. The van der Waals surface area contributed by atoms with E-state index in [4.69, 9.17) is 38.8 Å². The van der Waals surface area contributed by atoms with Gasteiger partial charge < -0.3 is 52.1 Å². The fourth-order valence-corrected chi connectivity index (χ4v) is 19.9. The van der Waals surface area contributed by atoms with E-state index in [0.717, 1.165) is 107 Å². The predicted molar refractivity (Wildman–Crippen MR) is 492 cm³/mol. The number of terminal acetylenes is 1. The number of likely N-dealkylation sites (tertiary alicyclic amines) is 4. The molecule has 746 valence electrons. The Kier molecular flexibility index (Phi) is 32.1. The van der Waals surface area contributed by atoms with Crippen molar-refractivity contribution in [2.75, 3.05) is 66.6 Å². The number of rotatable bonds is 32. The quantitative estimate of drug-likeness (QED) is 0.0130. The first-order chi connectivity index (χ1) is 66.9. The van der Waals surface area contributed by atoms with Gasteiger partial charge >= 0.3 is 18.1 Å². The van der Waals surface area contributed by atoms with Gasteiger partial charge in [0.25, 0.3) is 23.6 Å². The summed E-state index contributed by atoms with van der Waals surface area (Å²) < 4.78 is 125. The minimum absolute atomic E-state index is 0.0403. The van der Waals surface area contributed by atoms with Crippen molar-refractivity contribution in [1.82, 2.24) is 58.7 Å². The number of nitrogens with zero attached hydrogens (tertiary/aromatic N) is 16.